The van der Waals surface area contributed by atoms with Crippen molar-refractivity contribution >= 4 is 38.8 Å². The van der Waals surface area contributed by atoms with Gasteiger partial charge in [0, 0.05) is 47.5 Å². The van der Waals surface area contributed by atoms with Crippen LogP contribution in [-0.2, 0) is 0 Å². The minimum absolute atomic E-state index is 0.0267. The summed E-state index contributed by atoms with van der Waals surface area (Å²) in [6, 6.07) is 43.4. The maximum atomic E-state index is 4.50. The molecule has 2 atom stereocenters. The molecule has 0 saturated heterocycles. The fourth-order valence-corrected chi connectivity index (χ4v) is 7.76. The summed E-state index contributed by atoms with van der Waals surface area (Å²) in [5.41, 5.74) is 11.8. The molecule has 0 spiro atoms. The molecule has 5 nitrogen and oxygen atoms in total. The number of hydrogen-bond acceptors (Lipinski definition) is 4. The number of benzene rings is 5. The molecule has 0 fully saturated rings. The first kappa shape index (κ1) is 29.1. The molecule has 0 amide bonds. The van der Waals surface area contributed by atoms with Crippen LogP contribution in [0.25, 0.3) is 33.1 Å². The van der Waals surface area contributed by atoms with E-state index in [0.717, 1.165) is 33.8 Å². The number of fused-ring (bicyclic) bond motifs is 6. The number of hydrogen-bond donors (Lipinski definition) is 2. The van der Waals surface area contributed by atoms with E-state index in [-0.39, 0.29) is 12.2 Å². The van der Waals surface area contributed by atoms with E-state index in [4.69, 9.17) is 0 Å². The zero-order chi connectivity index (χ0) is 32.9. The first-order chi connectivity index (χ1) is 24.2. The average molecular weight is 636 g/mol. The third-order valence-corrected chi connectivity index (χ3v) is 10.1. The zero-order valence-electron chi connectivity index (χ0n) is 27.4. The highest BCUT2D eigenvalue weighted by molar-refractivity contribution is 6.17. The molecule has 0 bridgehead atoms. The van der Waals surface area contributed by atoms with E-state index in [2.05, 4.69) is 197 Å². The van der Waals surface area contributed by atoms with Gasteiger partial charge in [-0.05, 0) is 64.8 Å². The van der Waals surface area contributed by atoms with Crippen molar-refractivity contribution in [2.75, 3.05) is 23.4 Å². The van der Waals surface area contributed by atoms with Gasteiger partial charge in [0.1, 0.15) is 12.0 Å². The van der Waals surface area contributed by atoms with Gasteiger partial charge in [0.05, 0.1) is 22.8 Å². The summed E-state index contributed by atoms with van der Waals surface area (Å²) in [4.78, 5) is 4.67. The number of rotatable bonds is 4. The molecule has 0 aliphatic carbocycles. The van der Waals surface area contributed by atoms with E-state index in [0.29, 0.717) is 6.54 Å². The van der Waals surface area contributed by atoms with E-state index in [1.165, 1.54) is 38.7 Å². The zero-order valence-corrected chi connectivity index (χ0v) is 27.4. The smallest absolute Gasteiger partial charge is 0.110 e. The van der Waals surface area contributed by atoms with Gasteiger partial charge in [0.15, 0.2) is 0 Å². The Morgan fingerprint density at radius 2 is 1.49 bits per heavy atom. The Balaban J connectivity index is 1.17. The lowest BCUT2D eigenvalue weighted by molar-refractivity contribution is 0.474. The van der Waals surface area contributed by atoms with Gasteiger partial charge in [0.2, 0.25) is 0 Å². The fourth-order valence-electron chi connectivity index (χ4n) is 7.76. The number of para-hydroxylation sites is 3. The summed E-state index contributed by atoms with van der Waals surface area (Å²) in [5, 5.41) is 10.2. The van der Waals surface area contributed by atoms with Crippen LogP contribution in [0.4, 0.5) is 11.4 Å². The van der Waals surface area contributed by atoms with Crippen LogP contribution in [-0.4, -0.2) is 24.3 Å². The molecule has 49 heavy (non-hydrogen) atoms. The summed E-state index contributed by atoms with van der Waals surface area (Å²) >= 11 is 0. The SMILES string of the molecule is C=C1/C=C\C=C/N(C2=CC=C(C3NC(c4ccccc4)c4ccccc4N3C)CN2)c2c1ccc1c2c2ccccc2n1-c1ccccc1. The van der Waals surface area contributed by atoms with Gasteiger partial charge in [-0.1, -0.05) is 116 Å². The summed E-state index contributed by atoms with van der Waals surface area (Å²) < 4.78 is 2.37. The molecule has 0 radical (unpaired) electrons. The third kappa shape index (κ3) is 4.82. The van der Waals surface area contributed by atoms with Crippen molar-refractivity contribution in [3.63, 3.8) is 0 Å². The highest BCUT2D eigenvalue weighted by Gasteiger charge is 2.33. The highest BCUT2D eigenvalue weighted by atomic mass is 15.3. The van der Waals surface area contributed by atoms with Crippen molar-refractivity contribution in [3.05, 3.63) is 193 Å². The van der Waals surface area contributed by atoms with Gasteiger partial charge in [-0.25, -0.2) is 0 Å². The minimum Gasteiger partial charge on any atom is -0.367 e. The largest absolute Gasteiger partial charge is 0.367 e. The lowest BCUT2D eigenvalue weighted by atomic mass is 9.92. The second-order valence-electron chi connectivity index (χ2n) is 12.9. The molecule has 238 valence electrons. The second-order valence-corrected chi connectivity index (χ2v) is 12.9. The van der Waals surface area contributed by atoms with Gasteiger partial charge in [0.25, 0.3) is 0 Å². The van der Waals surface area contributed by atoms with Crippen LogP contribution in [0.1, 0.15) is 22.7 Å². The lowest BCUT2D eigenvalue weighted by Gasteiger charge is -2.43. The average Bonchev–Trinajstić information content (AvgIpc) is 3.49. The van der Waals surface area contributed by atoms with Crippen molar-refractivity contribution in [2.45, 2.75) is 12.2 Å². The van der Waals surface area contributed by atoms with Crippen LogP contribution in [0.3, 0.4) is 0 Å². The van der Waals surface area contributed by atoms with Crippen LogP contribution in [0, 0.1) is 0 Å². The van der Waals surface area contributed by atoms with Crippen LogP contribution in [0.5, 0.6) is 0 Å². The summed E-state index contributed by atoms with van der Waals surface area (Å²) in [7, 11) is 2.19. The Morgan fingerprint density at radius 1 is 0.735 bits per heavy atom. The molecule has 1 aromatic heterocycles. The molecule has 9 rings (SSSR count). The van der Waals surface area contributed by atoms with Gasteiger partial charge >= 0.3 is 0 Å². The van der Waals surface area contributed by atoms with Crippen LogP contribution in [0.2, 0.25) is 0 Å². The van der Waals surface area contributed by atoms with Gasteiger partial charge < -0.3 is 19.7 Å². The predicted molar refractivity (Wildman–Crippen MR) is 205 cm³/mol. The van der Waals surface area contributed by atoms with E-state index < -0.39 is 0 Å². The standard InChI is InChI=1S/C44H37N5/c1-30-15-13-14-28-48(43-34(30)25-26-39-41(43)35-20-9-12-23-38(35)49(39)33-18-7-4-8-19-33)40-27-24-32(29-45-40)44-46-42(31-16-5-3-6-17-31)36-21-10-11-22-37(36)47(44)2/h3-28,42,44-46H,1,29H2,2H3/b15-13-,28-14-. The van der Waals surface area contributed by atoms with Crippen LogP contribution >= 0.6 is 0 Å². The summed E-state index contributed by atoms with van der Waals surface area (Å²) in [6.07, 6.45) is 13.0. The van der Waals surface area contributed by atoms with E-state index in [9.17, 15) is 0 Å². The molecular formula is C44H37N5. The monoisotopic (exact) mass is 635 g/mol. The highest BCUT2D eigenvalue weighted by Crippen LogP contribution is 2.44. The Morgan fingerprint density at radius 3 is 2.31 bits per heavy atom. The quantitative estimate of drug-likeness (QED) is 0.203. The molecule has 6 aromatic rings. The van der Waals surface area contributed by atoms with E-state index in [1.807, 2.05) is 0 Å². The molecular weight excluding hydrogens is 599 g/mol. The van der Waals surface area contributed by atoms with Crippen LogP contribution < -0.4 is 20.4 Å². The first-order valence-corrected chi connectivity index (χ1v) is 16.9. The van der Waals surface area contributed by atoms with Crippen molar-refractivity contribution in [1.82, 2.24) is 15.2 Å². The Bertz CT molecular complexity index is 2360. The van der Waals surface area contributed by atoms with Crippen molar-refractivity contribution in [1.29, 1.82) is 0 Å². The summed E-state index contributed by atoms with van der Waals surface area (Å²) in [5.74, 6) is 1.02. The Labute approximate surface area is 287 Å². The summed E-state index contributed by atoms with van der Waals surface area (Å²) in [6.45, 7) is 5.20. The predicted octanol–water partition coefficient (Wildman–Crippen LogP) is 9.21. The van der Waals surface area contributed by atoms with E-state index in [1.54, 1.807) is 0 Å². The maximum absolute atomic E-state index is 4.50. The van der Waals surface area contributed by atoms with Crippen LogP contribution in [0.15, 0.2) is 176 Å². The van der Waals surface area contributed by atoms with Gasteiger partial charge in [-0.2, -0.15) is 0 Å². The Hall–Kier alpha value is -6.04. The van der Waals surface area contributed by atoms with Crippen molar-refractivity contribution in [2.24, 2.45) is 0 Å². The molecule has 0 saturated carbocycles. The molecule has 2 unspecified atom stereocenters. The molecule has 4 heterocycles. The number of nitrogens with one attached hydrogen (secondary N) is 2. The normalized spacial score (nSPS) is 20.1. The molecule has 5 aromatic carbocycles. The number of likely N-dealkylation sites (N-methyl/N-ethyl adjacent to an activating group) is 1. The fraction of sp³-hybridized carbons (Fsp3) is 0.0909. The first-order valence-electron chi connectivity index (χ1n) is 16.9. The molecule has 5 heteroatoms. The van der Waals surface area contributed by atoms with Gasteiger partial charge in [-0.3, -0.25) is 5.32 Å². The molecule has 3 aliphatic rings. The molecule has 2 N–H and O–H groups in total. The second kappa shape index (κ2) is 11.9. The van der Waals surface area contributed by atoms with Gasteiger partial charge in [-0.15, -0.1) is 0 Å². The topological polar surface area (TPSA) is 35.5 Å². The number of anilines is 2. The number of allylic oxidation sites excluding steroid dienone is 6. The lowest BCUT2D eigenvalue weighted by Crippen LogP contribution is -2.53. The number of aromatic nitrogens is 1. The number of nitrogens with zero attached hydrogens (tertiary/aromatic N) is 3. The van der Waals surface area contributed by atoms with Crippen molar-refractivity contribution < 1.29 is 0 Å². The minimum atomic E-state index is 0.0267. The van der Waals surface area contributed by atoms with E-state index >= 15 is 0 Å². The maximum Gasteiger partial charge on any atom is 0.110 e. The molecule has 3 aliphatic heterocycles. The number of dihydropyridines is 1. The third-order valence-electron chi connectivity index (χ3n) is 10.1. The van der Waals surface area contributed by atoms with Crippen molar-refractivity contribution in [3.8, 4) is 5.69 Å². The Kier molecular flexibility index (Phi) is 7.06.